The Bertz CT molecular complexity index is 1520. The van der Waals surface area contributed by atoms with Gasteiger partial charge in [-0.3, -0.25) is 4.79 Å². The summed E-state index contributed by atoms with van der Waals surface area (Å²) in [6.45, 7) is 2.56. The van der Waals surface area contributed by atoms with Crippen LogP contribution in [0.1, 0.15) is 20.3 Å². The number of hydrogen-bond acceptors (Lipinski definition) is 13. The van der Waals surface area contributed by atoms with Gasteiger partial charge >= 0.3 is 11.9 Å². The van der Waals surface area contributed by atoms with E-state index >= 15 is 0 Å². The Hall–Kier alpha value is -4.05. The summed E-state index contributed by atoms with van der Waals surface area (Å²) >= 11 is 0. The van der Waals surface area contributed by atoms with Gasteiger partial charge in [0, 0.05) is 6.07 Å². The molecule has 0 radical (unpaired) electrons. The molecule has 1 aliphatic rings. The normalized spacial score (nSPS) is 25.3. The summed E-state index contributed by atoms with van der Waals surface area (Å²) in [5.74, 6) is -3.65. The number of hydrogen-bond donors (Lipinski definition) is 7. The average Bonchev–Trinajstić information content (AvgIpc) is 2.96. The number of rotatable bonds is 10. The SMILES string of the molecule is CC(C)CC(O)C1(O)C(O)C(COC(=O)C(O)C(=O)O)OC(Oc2ccc3c(=O)c(-c4ccc(O)cc4)coc3c2)C1O. The fourth-order valence-corrected chi connectivity index (χ4v) is 4.76. The van der Waals surface area contributed by atoms with Gasteiger partial charge in [-0.1, -0.05) is 26.0 Å². The Labute approximate surface area is 243 Å². The fraction of sp³-hybridized carbons (Fsp3) is 0.414. The van der Waals surface area contributed by atoms with E-state index in [1.807, 2.05) is 0 Å². The maximum absolute atomic E-state index is 13.1. The maximum Gasteiger partial charge on any atom is 0.346 e. The number of carboxylic acids is 1. The smallest absolute Gasteiger partial charge is 0.346 e. The predicted molar refractivity (Wildman–Crippen MR) is 146 cm³/mol. The second-order valence-corrected chi connectivity index (χ2v) is 10.6. The minimum atomic E-state index is -2.67. The molecule has 1 aliphatic heterocycles. The zero-order valence-corrected chi connectivity index (χ0v) is 23.1. The van der Waals surface area contributed by atoms with E-state index in [1.165, 1.54) is 36.6 Å². The predicted octanol–water partition coefficient (Wildman–Crippen LogP) is 0.118. The van der Waals surface area contributed by atoms with Crippen molar-refractivity contribution >= 4 is 22.9 Å². The first-order valence-electron chi connectivity index (χ1n) is 13.2. The molecule has 0 saturated carbocycles. The lowest BCUT2D eigenvalue weighted by Gasteiger charge is -2.49. The van der Waals surface area contributed by atoms with Crippen molar-refractivity contribution in [1.29, 1.82) is 0 Å². The number of carbonyl (C=O) groups is 2. The highest BCUT2D eigenvalue weighted by atomic mass is 16.7. The van der Waals surface area contributed by atoms with Crippen LogP contribution in [0, 0.1) is 5.92 Å². The number of benzene rings is 2. The molecule has 2 aromatic carbocycles. The third-order valence-corrected chi connectivity index (χ3v) is 7.12. The standard InChI is InChI=1S/C29H32O14/c1-13(2)9-21(31)29(39)24(34)20(12-41-27(38)23(33)26(36)37)43-28(25(29)35)42-16-7-8-17-19(10-16)40-11-18(22(17)32)14-3-5-15(30)6-4-14/h3-8,10-11,13,20-21,23-25,28,30-31,33-35,39H,9,12H2,1-2H3,(H,36,37). The van der Waals surface area contributed by atoms with Gasteiger partial charge in [0.25, 0.3) is 0 Å². The monoisotopic (exact) mass is 604 g/mol. The van der Waals surface area contributed by atoms with Gasteiger partial charge in [-0.2, -0.15) is 0 Å². The quantitative estimate of drug-likeness (QED) is 0.120. The Kier molecular flexibility index (Phi) is 9.39. The summed E-state index contributed by atoms with van der Waals surface area (Å²) in [7, 11) is 0. The van der Waals surface area contributed by atoms with Gasteiger partial charge in [-0.15, -0.1) is 0 Å². The van der Waals surface area contributed by atoms with Crippen LogP contribution in [0.25, 0.3) is 22.1 Å². The molecule has 1 saturated heterocycles. The van der Waals surface area contributed by atoms with Gasteiger partial charge in [0.15, 0.2) is 11.0 Å². The van der Waals surface area contributed by atoms with E-state index in [4.69, 9.17) is 23.7 Å². The number of aliphatic carboxylic acids is 1. The number of phenols is 1. The summed E-state index contributed by atoms with van der Waals surface area (Å²) in [5.41, 5.74) is -2.23. The van der Waals surface area contributed by atoms with Crippen molar-refractivity contribution in [1.82, 2.24) is 0 Å². The fourth-order valence-electron chi connectivity index (χ4n) is 4.76. The first kappa shape index (κ1) is 31.9. The van der Waals surface area contributed by atoms with E-state index in [9.17, 15) is 45.0 Å². The third-order valence-electron chi connectivity index (χ3n) is 7.12. The second-order valence-electron chi connectivity index (χ2n) is 10.6. The molecule has 0 amide bonds. The number of fused-ring (bicyclic) bond motifs is 1. The van der Waals surface area contributed by atoms with Gasteiger partial charge in [-0.05, 0) is 42.2 Å². The molecule has 0 bridgehead atoms. The van der Waals surface area contributed by atoms with E-state index in [0.29, 0.717) is 5.56 Å². The zero-order chi connectivity index (χ0) is 31.6. The molecule has 7 atom stereocenters. The van der Waals surface area contributed by atoms with Crippen LogP contribution in [0.3, 0.4) is 0 Å². The summed E-state index contributed by atoms with van der Waals surface area (Å²) in [5, 5.41) is 72.1. The minimum absolute atomic E-state index is 0.0220. The van der Waals surface area contributed by atoms with Gasteiger partial charge in [0.05, 0.1) is 17.1 Å². The van der Waals surface area contributed by atoms with Crippen molar-refractivity contribution in [2.45, 2.75) is 62.7 Å². The molecule has 43 heavy (non-hydrogen) atoms. The molecular formula is C29H32O14. The highest BCUT2D eigenvalue weighted by Gasteiger charge is 2.60. The van der Waals surface area contributed by atoms with Crippen LogP contribution < -0.4 is 10.2 Å². The largest absolute Gasteiger partial charge is 0.508 e. The van der Waals surface area contributed by atoms with Crippen LogP contribution in [-0.4, -0.2) is 96.7 Å². The number of esters is 1. The van der Waals surface area contributed by atoms with Gasteiger partial charge in [0.1, 0.15) is 48.3 Å². The van der Waals surface area contributed by atoms with Crippen molar-refractivity contribution in [3.05, 3.63) is 59.0 Å². The van der Waals surface area contributed by atoms with Crippen LogP contribution >= 0.6 is 0 Å². The Morgan fingerprint density at radius 3 is 2.35 bits per heavy atom. The Balaban J connectivity index is 1.62. The molecule has 0 spiro atoms. The molecule has 3 aromatic rings. The van der Waals surface area contributed by atoms with Gasteiger partial charge in [-0.25, -0.2) is 9.59 Å². The Morgan fingerprint density at radius 1 is 1.05 bits per heavy atom. The molecule has 14 nitrogen and oxygen atoms in total. The van der Waals surface area contributed by atoms with Crippen molar-refractivity contribution in [2.24, 2.45) is 5.92 Å². The van der Waals surface area contributed by atoms with E-state index in [1.54, 1.807) is 26.0 Å². The van der Waals surface area contributed by atoms with E-state index in [-0.39, 0.29) is 45.8 Å². The lowest BCUT2D eigenvalue weighted by molar-refractivity contribution is -0.334. The van der Waals surface area contributed by atoms with Crippen molar-refractivity contribution in [3.8, 4) is 22.6 Å². The summed E-state index contributed by atoms with van der Waals surface area (Å²) in [4.78, 5) is 35.8. The van der Waals surface area contributed by atoms with Crippen molar-refractivity contribution < 1.29 is 64.0 Å². The molecule has 1 aromatic heterocycles. The number of carbonyl (C=O) groups excluding carboxylic acids is 1. The van der Waals surface area contributed by atoms with Crippen molar-refractivity contribution in [3.63, 3.8) is 0 Å². The van der Waals surface area contributed by atoms with E-state index in [0.717, 1.165) is 0 Å². The minimum Gasteiger partial charge on any atom is -0.508 e. The molecule has 7 unspecified atom stereocenters. The lowest BCUT2D eigenvalue weighted by Crippen LogP contribution is -2.72. The summed E-state index contributed by atoms with van der Waals surface area (Å²) in [6, 6.07) is 9.98. The number of carboxylic acid groups (broad SMARTS) is 1. The number of aliphatic hydroxyl groups excluding tert-OH is 4. The maximum atomic E-state index is 13.1. The first-order valence-corrected chi connectivity index (χ1v) is 13.2. The highest BCUT2D eigenvalue weighted by molar-refractivity contribution is 5.96. The van der Waals surface area contributed by atoms with Crippen LogP contribution in [0.2, 0.25) is 0 Å². The van der Waals surface area contributed by atoms with E-state index in [2.05, 4.69) is 0 Å². The van der Waals surface area contributed by atoms with Gasteiger partial charge in [0.2, 0.25) is 12.4 Å². The molecule has 7 N–H and O–H groups in total. The first-order chi connectivity index (χ1) is 20.2. The molecule has 4 rings (SSSR count). The van der Waals surface area contributed by atoms with Crippen LogP contribution in [0.4, 0.5) is 0 Å². The van der Waals surface area contributed by atoms with Crippen molar-refractivity contribution in [2.75, 3.05) is 6.61 Å². The van der Waals surface area contributed by atoms with Crippen LogP contribution in [-0.2, 0) is 19.1 Å². The molecule has 2 heterocycles. The number of aromatic hydroxyl groups is 1. The molecular weight excluding hydrogens is 572 g/mol. The van der Waals surface area contributed by atoms with Crippen LogP contribution in [0.15, 0.2) is 57.9 Å². The van der Waals surface area contributed by atoms with Crippen LogP contribution in [0.5, 0.6) is 11.5 Å². The van der Waals surface area contributed by atoms with Gasteiger partial charge < -0.3 is 54.4 Å². The molecule has 1 fully saturated rings. The summed E-state index contributed by atoms with van der Waals surface area (Å²) in [6.07, 6.45) is -10.7. The zero-order valence-electron chi connectivity index (χ0n) is 23.1. The number of aliphatic hydroxyl groups is 5. The lowest BCUT2D eigenvalue weighted by atomic mass is 9.77. The topological polar surface area (TPSA) is 234 Å². The molecule has 232 valence electrons. The molecule has 14 heteroatoms. The third kappa shape index (κ3) is 6.49. The van der Waals surface area contributed by atoms with E-state index < -0.39 is 61.0 Å². The number of phenolic OH excluding ortho intramolecular Hbond substituents is 1. The number of ether oxygens (including phenoxy) is 3. The summed E-state index contributed by atoms with van der Waals surface area (Å²) < 4.78 is 21.7. The second kappa shape index (κ2) is 12.7. The Morgan fingerprint density at radius 2 is 1.72 bits per heavy atom. The molecule has 0 aliphatic carbocycles. The average molecular weight is 605 g/mol. The highest BCUT2D eigenvalue weighted by Crippen LogP contribution is 2.36.